The highest BCUT2D eigenvalue weighted by Crippen LogP contribution is 2.19. The number of rotatable bonds is 6. The molecule has 0 aliphatic heterocycles. The minimum Gasteiger partial charge on any atom is -0.384 e. The first-order valence-electron chi connectivity index (χ1n) is 6.33. The number of anilines is 1. The van der Waals surface area contributed by atoms with Gasteiger partial charge in [-0.05, 0) is 43.3 Å². The maximum Gasteiger partial charge on any atom is 0.123 e. The summed E-state index contributed by atoms with van der Waals surface area (Å²) in [7, 11) is 2.00. The van der Waals surface area contributed by atoms with Crippen LogP contribution < -0.4 is 11.1 Å². The normalized spacial score (nSPS) is 12.3. The molecule has 2 rings (SSSR count). The number of likely N-dealkylation sites (N-methyl/N-ethyl adjacent to an activating group) is 1. The van der Waals surface area contributed by atoms with Crippen LogP contribution in [-0.4, -0.2) is 23.8 Å². The van der Waals surface area contributed by atoms with Gasteiger partial charge in [0.25, 0.3) is 0 Å². The fraction of sp³-hybridized carbons (Fsp3) is 0.267. The van der Waals surface area contributed by atoms with Gasteiger partial charge in [-0.15, -0.1) is 11.8 Å². The van der Waals surface area contributed by atoms with E-state index in [1.165, 1.54) is 10.5 Å². The van der Waals surface area contributed by atoms with E-state index in [2.05, 4.69) is 34.6 Å². The third-order valence-electron chi connectivity index (χ3n) is 2.93. The Balaban J connectivity index is 1.90. The predicted octanol–water partition coefficient (Wildman–Crippen LogP) is 2.59. The van der Waals surface area contributed by atoms with Gasteiger partial charge in [0.05, 0.1) is 0 Å². The van der Waals surface area contributed by atoms with E-state index in [0.29, 0.717) is 11.9 Å². The second-order valence-corrected chi connectivity index (χ2v) is 5.50. The Hall–Kier alpha value is -1.52. The molecular formula is C15H19N3S. The molecule has 0 bridgehead atoms. The Morgan fingerprint density at radius 1 is 1.26 bits per heavy atom. The van der Waals surface area contributed by atoms with Crippen molar-refractivity contribution in [3.05, 3.63) is 54.2 Å². The van der Waals surface area contributed by atoms with Crippen LogP contribution in [0.25, 0.3) is 0 Å². The van der Waals surface area contributed by atoms with Crippen LogP contribution in [0.2, 0.25) is 0 Å². The van der Waals surface area contributed by atoms with E-state index in [4.69, 9.17) is 5.73 Å². The monoisotopic (exact) mass is 273 g/mol. The fourth-order valence-corrected chi connectivity index (χ4v) is 2.89. The van der Waals surface area contributed by atoms with Crippen LogP contribution in [0.15, 0.2) is 53.6 Å². The summed E-state index contributed by atoms with van der Waals surface area (Å²) in [5.41, 5.74) is 6.93. The second kappa shape index (κ2) is 7.16. The Bertz CT molecular complexity index is 502. The molecule has 0 fully saturated rings. The van der Waals surface area contributed by atoms with Crippen molar-refractivity contribution in [2.45, 2.75) is 17.4 Å². The maximum absolute atomic E-state index is 5.70. The molecule has 1 unspecified atom stereocenters. The lowest BCUT2D eigenvalue weighted by atomic mass is 10.1. The molecule has 1 aromatic heterocycles. The number of nitrogens with one attached hydrogen (secondary N) is 1. The zero-order valence-corrected chi connectivity index (χ0v) is 11.9. The van der Waals surface area contributed by atoms with Crippen LogP contribution in [-0.2, 0) is 6.42 Å². The quantitative estimate of drug-likeness (QED) is 0.794. The van der Waals surface area contributed by atoms with Crippen LogP contribution in [0.3, 0.4) is 0 Å². The Morgan fingerprint density at radius 3 is 2.74 bits per heavy atom. The first kappa shape index (κ1) is 13.9. The molecule has 1 atom stereocenters. The van der Waals surface area contributed by atoms with Gasteiger partial charge in [0.2, 0.25) is 0 Å². The average molecular weight is 273 g/mol. The van der Waals surface area contributed by atoms with Crippen molar-refractivity contribution in [2.75, 3.05) is 18.5 Å². The Kier molecular flexibility index (Phi) is 5.24. The van der Waals surface area contributed by atoms with Crippen molar-refractivity contribution in [1.82, 2.24) is 10.3 Å². The zero-order chi connectivity index (χ0) is 13.5. The third kappa shape index (κ3) is 4.58. The zero-order valence-electron chi connectivity index (χ0n) is 11.0. The summed E-state index contributed by atoms with van der Waals surface area (Å²) < 4.78 is 0. The molecule has 3 N–H and O–H groups in total. The van der Waals surface area contributed by atoms with E-state index < -0.39 is 0 Å². The molecule has 0 amide bonds. The van der Waals surface area contributed by atoms with Crippen molar-refractivity contribution < 1.29 is 0 Å². The highest BCUT2D eigenvalue weighted by atomic mass is 32.2. The smallest absolute Gasteiger partial charge is 0.123 e. The highest BCUT2D eigenvalue weighted by molar-refractivity contribution is 7.99. The molecule has 100 valence electrons. The lowest BCUT2D eigenvalue weighted by Gasteiger charge is -2.16. The van der Waals surface area contributed by atoms with Crippen molar-refractivity contribution >= 4 is 17.6 Å². The summed E-state index contributed by atoms with van der Waals surface area (Å²) in [6, 6.07) is 14.8. The number of nitrogens with two attached hydrogens (primary N) is 1. The van der Waals surface area contributed by atoms with Gasteiger partial charge in [0, 0.05) is 22.9 Å². The lowest BCUT2D eigenvalue weighted by molar-refractivity contribution is 0.617. The van der Waals surface area contributed by atoms with Gasteiger partial charge in [-0.3, -0.25) is 0 Å². The Labute approximate surface area is 118 Å². The largest absolute Gasteiger partial charge is 0.384 e. The highest BCUT2D eigenvalue weighted by Gasteiger charge is 2.08. The van der Waals surface area contributed by atoms with E-state index in [-0.39, 0.29) is 0 Å². The van der Waals surface area contributed by atoms with Gasteiger partial charge in [-0.1, -0.05) is 18.2 Å². The summed E-state index contributed by atoms with van der Waals surface area (Å²) in [5.74, 6) is 1.62. The second-order valence-electron chi connectivity index (χ2n) is 4.40. The van der Waals surface area contributed by atoms with E-state index in [1.807, 2.05) is 37.0 Å². The number of benzene rings is 1. The molecule has 1 heterocycles. The maximum atomic E-state index is 5.70. The standard InChI is InChI=1S/C15H19N3S/c1-17-13(9-12-7-8-18-15(16)10-12)11-19-14-5-3-2-4-6-14/h2-8,10,13,17H,9,11H2,1H3,(H2,16,18). The van der Waals surface area contributed by atoms with Crippen molar-refractivity contribution in [3.8, 4) is 0 Å². The molecule has 3 nitrogen and oxygen atoms in total. The molecule has 0 radical (unpaired) electrons. The molecule has 4 heteroatoms. The number of hydrogen-bond donors (Lipinski definition) is 2. The fourth-order valence-electron chi connectivity index (χ4n) is 1.86. The number of nitrogens with zero attached hydrogens (tertiary/aromatic N) is 1. The van der Waals surface area contributed by atoms with Gasteiger partial charge in [0.15, 0.2) is 0 Å². The van der Waals surface area contributed by atoms with E-state index in [9.17, 15) is 0 Å². The van der Waals surface area contributed by atoms with Crippen LogP contribution in [0.5, 0.6) is 0 Å². The summed E-state index contributed by atoms with van der Waals surface area (Å²) in [5, 5.41) is 3.36. The van der Waals surface area contributed by atoms with E-state index in [1.54, 1.807) is 6.20 Å². The lowest BCUT2D eigenvalue weighted by Crippen LogP contribution is -2.30. The average Bonchev–Trinajstić information content (AvgIpc) is 2.44. The Morgan fingerprint density at radius 2 is 2.05 bits per heavy atom. The van der Waals surface area contributed by atoms with Crippen LogP contribution >= 0.6 is 11.8 Å². The minimum absolute atomic E-state index is 0.423. The molecule has 1 aromatic carbocycles. The molecule has 0 aliphatic rings. The van der Waals surface area contributed by atoms with Crippen LogP contribution in [0.4, 0.5) is 5.82 Å². The third-order valence-corrected chi connectivity index (χ3v) is 4.10. The van der Waals surface area contributed by atoms with Gasteiger partial charge in [-0.25, -0.2) is 4.98 Å². The molecule has 2 aromatic rings. The number of nitrogen functional groups attached to an aromatic ring is 1. The van der Waals surface area contributed by atoms with Crippen LogP contribution in [0, 0.1) is 0 Å². The van der Waals surface area contributed by atoms with Gasteiger partial charge in [0.1, 0.15) is 5.82 Å². The van der Waals surface area contributed by atoms with Gasteiger partial charge < -0.3 is 11.1 Å². The first-order chi connectivity index (χ1) is 9.28. The summed E-state index contributed by atoms with van der Waals surface area (Å²) in [6.45, 7) is 0. The number of aromatic nitrogens is 1. The molecule has 19 heavy (non-hydrogen) atoms. The number of hydrogen-bond acceptors (Lipinski definition) is 4. The van der Waals surface area contributed by atoms with E-state index in [0.717, 1.165) is 12.2 Å². The van der Waals surface area contributed by atoms with Gasteiger partial charge >= 0.3 is 0 Å². The van der Waals surface area contributed by atoms with Crippen molar-refractivity contribution in [3.63, 3.8) is 0 Å². The van der Waals surface area contributed by atoms with Crippen LogP contribution in [0.1, 0.15) is 5.56 Å². The topological polar surface area (TPSA) is 50.9 Å². The van der Waals surface area contributed by atoms with Gasteiger partial charge in [-0.2, -0.15) is 0 Å². The molecule has 0 saturated carbocycles. The molecule has 0 aliphatic carbocycles. The first-order valence-corrected chi connectivity index (χ1v) is 7.32. The summed E-state index contributed by atoms with van der Waals surface area (Å²) in [6.07, 6.45) is 2.73. The predicted molar refractivity (Wildman–Crippen MR) is 82.4 cm³/mol. The molecular weight excluding hydrogens is 254 g/mol. The minimum atomic E-state index is 0.423. The summed E-state index contributed by atoms with van der Waals surface area (Å²) in [4.78, 5) is 5.32. The number of thioether (sulfide) groups is 1. The molecule has 0 saturated heterocycles. The van der Waals surface area contributed by atoms with Crippen molar-refractivity contribution in [1.29, 1.82) is 0 Å². The summed E-state index contributed by atoms with van der Waals surface area (Å²) >= 11 is 1.87. The van der Waals surface area contributed by atoms with Crippen molar-refractivity contribution in [2.24, 2.45) is 0 Å². The number of pyridine rings is 1. The SMILES string of the molecule is CNC(CSc1ccccc1)Cc1ccnc(N)c1. The van der Waals surface area contributed by atoms with E-state index >= 15 is 0 Å². The molecule has 0 spiro atoms.